The molecule has 0 aliphatic rings. The minimum atomic E-state index is -0.837. The number of benzene rings is 1. The molecule has 0 aliphatic heterocycles. The minimum absolute atomic E-state index is 0.101. The summed E-state index contributed by atoms with van der Waals surface area (Å²) < 4.78 is 9.53. The number of methoxy groups -OCH3 is 1. The van der Waals surface area contributed by atoms with Crippen molar-refractivity contribution in [2.45, 2.75) is 19.6 Å². The molecule has 0 aliphatic carbocycles. The van der Waals surface area contributed by atoms with Gasteiger partial charge in [-0.15, -0.1) is 5.48 Å². The maximum Gasteiger partial charge on any atom is 0.441 e. The number of hydroxylamine groups is 1. The average molecular weight is 253 g/mol. The van der Waals surface area contributed by atoms with Crippen LogP contribution in [0.25, 0.3) is 0 Å². The highest BCUT2D eigenvalue weighted by Crippen LogP contribution is 2.00. The Labute approximate surface area is 105 Å². The predicted molar refractivity (Wildman–Crippen MR) is 62.3 cm³/mol. The van der Waals surface area contributed by atoms with Gasteiger partial charge in [-0.3, -0.25) is 0 Å². The molecule has 6 nitrogen and oxygen atoms in total. The normalized spacial score (nSPS) is 11.4. The van der Waals surface area contributed by atoms with Crippen LogP contribution in [0.4, 0.5) is 4.79 Å². The van der Waals surface area contributed by atoms with Crippen LogP contribution in [0.5, 0.6) is 0 Å². The van der Waals surface area contributed by atoms with E-state index in [-0.39, 0.29) is 6.61 Å². The van der Waals surface area contributed by atoms with Crippen LogP contribution in [-0.4, -0.2) is 25.3 Å². The van der Waals surface area contributed by atoms with Gasteiger partial charge in [0.05, 0.1) is 0 Å². The molecule has 0 heterocycles. The van der Waals surface area contributed by atoms with Crippen LogP contribution in [0.2, 0.25) is 0 Å². The monoisotopic (exact) mass is 253 g/mol. The Balaban J connectivity index is 2.24. The molecule has 1 rings (SSSR count). The third-order valence-corrected chi connectivity index (χ3v) is 2.13. The highest BCUT2D eigenvalue weighted by molar-refractivity contribution is 5.76. The van der Waals surface area contributed by atoms with E-state index < -0.39 is 18.2 Å². The Morgan fingerprint density at radius 2 is 1.94 bits per heavy atom. The molecule has 98 valence electrons. The minimum Gasteiger partial charge on any atom is -0.443 e. The largest absolute Gasteiger partial charge is 0.443 e. The lowest BCUT2D eigenvalue weighted by molar-refractivity contribution is -0.160. The van der Waals surface area contributed by atoms with E-state index in [1.165, 1.54) is 14.0 Å². The van der Waals surface area contributed by atoms with Gasteiger partial charge in [0.1, 0.15) is 6.61 Å². The van der Waals surface area contributed by atoms with Crippen molar-refractivity contribution in [3.63, 3.8) is 0 Å². The Morgan fingerprint density at radius 3 is 2.56 bits per heavy atom. The van der Waals surface area contributed by atoms with Gasteiger partial charge in [0.25, 0.3) is 0 Å². The fourth-order valence-electron chi connectivity index (χ4n) is 1.02. The summed E-state index contributed by atoms with van der Waals surface area (Å²) in [4.78, 5) is 26.8. The number of nitrogens with one attached hydrogen (secondary N) is 1. The van der Waals surface area contributed by atoms with Crippen molar-refractivity contribution in [2.75, 3.05) is 7.11 Å². The van der Waals surface area contributed by atoms with Crippen LogP contribution in [-0.2, 0) is 25.7 Å². The van der Waals surface area contributed by atoms with E-state index in [2.05, 4.69) is 4.84 Å². The molecular weight excluding hydrogens is 238 g/mol. The molecule has 0 aromatic heterocycles. The van der Waals surface area contributed by atoms with Crippen molar-refractivity contribution in [2.24, 2.45) is 0 Å². The molecule has 0 radical (unpaired) electrons. The van der Waals surface area contributed by atoms with Gasteiger partial charge >= 0.3 is 12.1 Å². The van der Waals surface area contributed by atoms with Gasteiger partial charge in [-0.2, -0.15) is 0 Å². The first-order valence-corrected chi connectivity index (χ1v) is 5.33. The zero-order valence-electron chi connectivity index (χ0n) is 10.2. The fourth-order valence-corrected chi connectivity index (χ4v) is 1.02. The third kappa shape index (κ3) is 4.84. The molecule has 6 heteroatoms. The van der Waals surface area contributed by atoms with E-state index in [9.17, 15) is 9.59 Å². The zero-order valence-corrected chi connectivity index (χ0v) is 10.2. The number of hydrogen-bond acceptors (Lipinski definition) is 5. The molecule has 1 amide bonds. The number of amides is 1. The van der Waals surface area contributed by atoms with E-state index in [1.807, 2.05) is 35.8 Å². The second-order valence-corrected chi connectivity index (χ2v) is 3.46. The predicted octanol–water partition coefficient (Wildman–Crippen LogP) is 1.41. The maximum absolute atomic E-state index is 11.2. The lowest BCUT2D eigenvalue weighted by atomic mass is 10.2. The van der Waals surface area contributed by atoms with Gasteiger partial charge < -0.3 is 14.3 Å². The second kappa shape index (κ2) is 7.29. The van der Waals surface area contributed by atoms with E-state index >= 15 is 0 Å². The van der Waals surface area contributed by atoms with E-state index in [0.29, 0.717) is 0 Å². The Bertz CT molecular complexity index is 393. The van der Waals surface area contributed by atoms with E-state index in [4.69, 9.17) is 9.47 Å². The van der Waals surface area contributed by atoms with Crippen LogP contribution >= 0.6 is 0 Å². The molecule has 0 fully saturated rings. The van der Waals surface area contributed by atoms with Crippen LogP contribution in [0.1, 0.15) is 12.5 Å². The smallest absolute Gasteiger partial charge is 0.441 e. The quantitative estimate of drug-likeness (QED) is 0.821. The van der Waals surface area contributed by atoms with Crippen LogP contribution < -0.4 is 5.48 Å². The van der Waals surface area contributed by atoms with Crippen LogP contribution in [0.15, 0.2) is 30.3 Å². The summed E-state index contributed by atoms with van der Waals surface area (Å²) in [6, 6.07) is 9.14. The summed E-state index contributed by atoms with van der Waals surface area (Å²) in [5.74, 6) is -0.700. The van der Waals surface area contributed by atoms with Gasteiger partial charge in [-0.1, -0.05) is 30.3 Å². The van der Waals surface area contributed by atoms with Crippen molar-refractivity contribution < 1.29 is 23.9 Å². The van der Waals surface area contributed by atoms with Gasteiger partial charge in [0.15, 0.2) is 6.10 Å². The highest BCUT2D eigenvalue weighted by Gasteiger charge is 2.15. The third-order valence-electron chi connectivity index (χ3n) is 2.13. The molecule has 0 saturated heterocycles. The number of ether oxygens (including phenoxy) is 2. The van der Waals surface area contributed by atoms with Crippen LogP contribution in [0.3, 0.4) is 0 Å². The standard InChI is InChI=1S/C12H15NO5/c1-9(16-2)11(14)18-13-12(15)17-8-10-6-4-3-5-7-10/h3-7,9H,8H2,1-2H3,(H,13,15). The summed E-state index contributed by atoms with van der Waals surface area (Å²) >= 11 is 0. The molecular formula is C12H15NO5. The molecule has 18 heavy (non-hydrogen) atoms. The first-order chi connectivity index (χ1) is 8.63. The summed E-state index contributed by atoms with van der Waals surface area (Å²) in [5, 5.41) is 0. The Hall–Kier alpha value is -2.08. The van der Waals surface area contributed by atoms with E-state index in [0.717, 1.165) is 5.56 Å². The number of carbonyl (C=O) groups is 2. The Morgan fingerprint density at radius 1 is 1.28 bits per heavy atom. The number of rotatable bonds is 4. The van der Waals surface area contributed by atoms with E-state index in [1.54, 1.807) is 0 Å². The summed E-state index contributed by atoms with van der Waals surface area (Å²) in [5.41, 5.74) is 2.71. The summed E-state index contributed by atoms with van der Waals surface area (Å²) in [6.45, 7) is 1.60. The lowest BCUT2D eigenvalue weighted by Crippen LogP contribution is -2.32. The number of hydrogen-bond donors (Lipinski definition) is 1. The molecule has 1 aromatic rings. The fraction of sp³-hybridized carbons (Fsp3) is 0.333. The molecule has 1 unspecified atom stereocenters. The molecule has 0 spiro atoms. The van der Waals surface area contributed by atoms with Gasteiger partial charge in [-0.25, -0.2) is 9.59 Å². The summed E-state index contributed by atoms with van der Waals surface area (Å²) in [7, 11) is 1.36. The van der Waals surface area contributed by atoms with Crippen molar-refractivity contribution in [3.8, 4) is 0 Å². The highest BCUT2D eigenvalue weighted by atomic mass is 16.7. The lowest BCUT2D eigenvalue weighted by Gasteiger charge is -2.09. The maximum atomic E-state index is 11.2. The SMILES string of the molecule is COC(C)C(=O)ONC(=O)OCc1ccccc1. The first-order valence-electron chi connectivity index (χ1n) is 5.33. The van der Waals surface area contributed by atoms with Crippen LogP contribution in [0, 0.1) is 0 Å². The molecule has 0 bridgehead atoms. The second-order valence-electron chi connectivity index (χ2n) is 3.46. The van der Waals surface area contributed by atoms with Crippen molar-refractivity contribution in [1.82, 2.24) is 5.48 Å². The molecule has 1 N–H and O–H groups in total. The summed E-state index contributed by atoms with van der Waals surface area (Å²) in [6.07, 6.45) is -1.59. The Kier molecular flexibility index (Phi) is 5.66. The van der Waals surface area contributed by atoms with Gasteiger partial charge in [0.2, 0.25) is 0 Å². The zero-order chi connectivity index (χ0) is 13.4. The van der Waals surface area contributed by atoms with Gasteiger partial charge in [0, 0.05) is 7.11 Å². The first kappa shape index (κ1) is 14.0. The van der Waals surface area contributed by atoms with Crippen molar-refractivity contribution in [1.29, 1.82) is 0 Å². The average Bonchev–Trinajstić information content (AvgIpc) is 2.42. The van der Waals surface area contributed by atoms with Crippen molar-refractivity contribution >= 4 is 12.1 Å². The number of carbonyl (C=O) groups excluding carboxylic acids is 2. The molecule has 1 atom stereocenters. The van der Waals surface area contributed by atoms with Crippen molar-refractivity contribution in [3.05, 3.63) is 35.9 Å². The van der Waals surface area contributed by atoms with Gasteiger partial charge in [-0.05, 0) is 12.5 Å². The topological polar surface area (TPSA) is 73.9 Å². The molecule has 1 aromatic carbocycles. The molecule has 0 saturated carbocycles.